The Morgan fingerprint density at radius 3 is 2.53 bits per heavy atom. The van der Waals surface area contributed by atoms with E-state index < -0.39 is 5.97 Å². The highest BCUT2D eigenvalue weighted by atomic mass is 16.4. The van der Waals surface area contributed by atoms with Gasteiger partial charge >= 0.3 is 5.97 Å². The molecule has 1 saturated heterocycles. The molecule has 1 aliphatic heterocycles. The molecule has 0 aromatic rings. The average molecular weight is 268 g/mol. The van der Waals surface area contributed by atoms with Gasteiger partial charge in [0.15, 0.2) is 0 Å². The van der Waals surface area contributed by atoms with Crippen LogP contribution in [0.1, 0.15) is 44.9 Å². The van der Waals surface area contributed by atoms with Gasteiger partial charge in [0.05, 0.1) is 6.42 Å². The number of aliphatic carboxylic acids is 1. The molecule has 0 aromatic carbocycles. The van der Waals surface area contributed by atoms with Crippen LogP contribution < -0.4 is 5.32 Å². The predicted molar refractivity (Wildman–Crippen MR) is 71.8 cm³/mol. The van der Waals surface area contributed by atoms with Crippen LogP contribution in [0.4, 0.5) is 0 Å². The van der Waals surface area contributed by atoms with E-state index in [0.717, 1.165) is 45.2 Å². The molecule has 108 valence electrons. The normalized spacial score (nSPS) is 26.5. The number of amides is 1. The van der Waals surface area contributed by atoms with E-state index in [-0.39, 0.29) is 23.8 Å². The molecule has 1 unspecified atom stereocenters. The lowest BCUT2D eigenvalue weighted by Crippen LogP contribution is -2.39. The largest absolute Gasteiger partial charge is 0.481 e. The fourth-order valence-electron chi connectivity index (χ4n) is 3.53. The number of likely N-dealkylation sites (N-methyl/N-ethyl adjacent to an activating group) is 1. The van der Waals surface area contributed by atoms with Crippen molar-refractivity contribution in [2.45, 2.75) is 51.0 Å². The van der Waals surface area contributed by atoms with E-state index in [1.54, 1.807) is 0 Å². The molecule has 19 heavy (non-hydrogen) atoms. The molecule has 1 amide bonds. The maximum Gasteiger partial charge on any atom is 0.303 e. The van der Waals surface area contributed by atoms with Gasteiger partial charge < -0.3 is 15.3 Å². The fraction of sp³-hybridized carbons (Fsp3) is 0.857. The summed E-state index contributed by atoms with van der Waals surface area (Å²) >= 11 is 0. The van der Waals surface area contributed by atoms with E-state index in [1.165, 1.54) is 0 Å². The van der Waals surface area contributed by atoms with Crippen molar-refractivity contribution in [1.82, 2.24) is 10.2 Å². The molecule has 1 heterocycles. The minimum absolute atomic E-state index is 0.0310. The number of hydrogen-bond acceptors (Lipinski definition) is 3. The maximum atomic E-state index is 12.1. The lowest BCUT2D eigenvalue weighted by molar-refractivity contribution is -0.140. The van der Waals surface area contributed by atoms with E-state index in [0.29, 0.717) is 6.42 Å². The number of hydrogen-bond donors (Lipinski definition) is 2. The molecule has 5 nitrogen and oxygen atoms in total. The van der Waals surface area contributed by atoms with Crippen LogP contribution in [0.15, 0.2) is 0 Å². The van der Waals surface area contributed by atoms with Gasteiger partial charge in [-0.05, 0) is 38.3 Å². The monoisotopic (exact) mass is 268 g/mol. The van der Waals surface area contributed by atoms with E-state index in [9.17, 15) is 9.59 Å². The smallest absolute Gasteiger partial charge is 0.303 e. The number of carbonyl (C=O) groups excluding carboxylic acids is 1. The van der Waals surface area contributed by atoms with Crippen molar-refractivity contribution in [2.75, 3.05) is 20.1 Å². The number of carboxylic acid groups (broad SMARTS) is 1. The second-order valence-corrected chi connectivity index (χ2v) is 6.27. The first kappa shape index (κ1) is 14.3. The van der Waals surface area contributed by atoms with Crippen molar-refractivity contribution in [3.05, 3.63) is 0 Å². The third-order valence-electron chi connectivity index (χ3n) is 4.48. The van der Waals surface area contributed by atoms with E-state index >= 15 is 0 Å². The Balaban J connectivity index is 1.86. The summed E-state index contributed by atoms with van der Waals surface area (Å²) in [4.78, 5) is 25.3. The number of likely N-dealkylation sites (tertiary alicyclic amines) is 1. The van der Waals surface area contributed by atoms with Crippen LogP contribution in [0, 0.1) is 5.41 Å². The third-order valence-corrected chi connectivity index (χ3v) is 4.48. The highest BCUT2D eigenvalue weighted by Crippen LogP contribution is 2.44. The van der Waals surface area contributed by atoms with Crippen molar-refractivity contribution < 1.29 is 14.7 Å². The van der Waals surface area contributed by atoms with Crippen molar-refractivity contribution in [3.8, 4) is 0 Å². The molecule has 5 heteroatoms. The lowest BCUT2D eigenvalue weighted by atomic mass is 9.79. The molecule has 0 spiro atoms. The van der Waals surface area contributed by atoms with Crippen LogP contribution in [0.25, 0.3) is 0 Å². The van der Waals surface area contributed by atoms with Gasteiger partial charge in [-0.25, -0.2) is 0 Å². The van der Waals surface area contributed by atoms with E-state index in [1.807, 2.05) is 0 Å². The molecule has 2 fully saturated rings. The van der Waals surface area contributed by atoms with Crippen molar-refractivity contribution in [2.24, 2.45) is 5.41 Å². The van der Waals surface area contributed by atoms with Crippen molar-refractivity contribution >= 4 is 11.9 Å². The quantitative estimate of drug-likeness (QED) is 0.787. The minimum Gasteiger partial charge on any atom is -0.481 e. The molecule has 0 aromatic heterocycles. The van der Waals surface area contributed by atoms with Crippen LogP contribution in [0.3, 0.4) is 0 Å². The van der Waals surface area contributed by atoms with Crippen LogP contribution in [0.2, 0.25) is 0 Å². The topological polar surface area (TPSA) is 69.6 Å². The maximum absolute atomic E-state index is 12.1. The molecule has 1 atom stereocenters. The van der Waals surface area contributed by atoms with Gasteiger partial charge in [0, 0.05) is 19.0 Å². The van der Waals surface area contributed by atoms with Crippen molar-refractivity contribution in [1.29, 1.82) is 0 Å². The summed E-state index contributed by atoms with van der Waals surface area (Å²) < 4.78 is 0. The Kier molecular flexibility index (Phi) is 4.45. The zero-order chi connectivity index (χ0) is 13.9. The van der Waals surface area contributed by atoms with Crippen LogP contribution in [-0.2, 0) is 9.59 Å². The number of rotatable bonds is 5. The first-order valence-electron chi connectivity index (χ1n) is 7.19. The Labute approximate surface area is 114 Å². The highest BCUT2D eigenvalue weighted by molar-refractivity contribution is 5.78. The second kappa shape index (κ2) is 5.90. The zero-order valence-corrected chi connectivity index (χ0v) is 11.7. The molecule has 2 aliphatic rings. The number of nitrogens with zero attached hydrogens (tertiary/aromatic N) is 1. The summed E-state index contributed by atoms with van der Waals surface area (Å²) in [6.07, 6.45) is 5.34. The average Bonchev–Trinajstić information content (AvgIpc) is 2.87. The van der Waals surface area contributed by atoms with E-state index in [2.05, 4.69) is 17.3 Å². The van der Waals surface area contributed by atoms with Gasteiger partial charge in [-0.3, -0.25) is 9.59 Å². The third kappa shape index (κ3) is 3.93. The summed E-state index contributed by atoms with van der Waals surface area (Å²) in [5.74, 6) is -0.751. The first-order valence-corrected chi connectivity index (χ1v) is 7.19. The fourth-order valence-corrected chi connectivity index (χ4v) is 3.53. The van der Waals surface area contributed by atoms with Crippen LogP contribution in [0.5, 0.6) is 0 Å². The number of carbonyl (C=O) groups is 2. The van der Waals surface area contributed by atoms with Gasteiger partial charge in [0.2, 0.25) is 5.91 Å². The molecule has 0 radical (unpaired) electrons. The Bertz CT molecular complexity index is 351. The lowest BCUT2D eigenvalue weighted by Gasteiger charge is -2.27. The molecule has 2 N–H and O–H groups in total. The summed E-state index contributed by atoms with van der Waals surface area (Å²) in [7, 11) is 2.05. The van der Waals surface area contributed by atoms with Crippen LogP contribution >= 0.6 is 0 Å². The van der Waals surface area contributed by atoms with Gasteiger partial charge in [0.1, 0.15) is 0 Å². The Morgan fingerprint density at radius 1 is 1.32 bits per heavy atom. The Hall–Kier alpha value is -1.10. The van der Waals surface area contributed by atoms with Gasteiger partial charge in [-0.1, -0.05) is 12.8 Å². The zero-order valence-electron chi connectivity index (χ0n) is 11.7. The predicted octanol–water partition coefficient (Wildman–Crippen LogP) is 1.23. The second-order valence-electron chi connectivity index (χ2n) is 6.27. The number of nitrogens with one attached hydrogen (secondary N) is 1. The first-order chi connectivity index (χ1) is 8.99. The SMILES string of the molecule is CN1CCC(NC(=O)CC2(CC(=O)O)CCCC2)C1. The number of carboxylic acids is 1. The molecular formula is C14H24N2O3. The van der Waals surface area contributed by atoms with Crippen LogP contribution in [-0.4, -0.2) is 48.1 Å². The molecule has 2 rings (SSSR count). The van der Waals surface area contributed by atoms with E-state index in [4.69, 9.17) is 5.11 Å². The molecular weight excluding hydrogens is 244 g/mol. The summed E-state index contributed by atoms with van der Waals surface area (Å²) in [6.45, 7) is 1.92. The minimum atomic E-state index is -0.782. The molecule has 0 bridgehead atoms. The Morgan fingerprint density at radius 2 is 2.00 bits per heavy atom. The molecule has 1 saturated carbocycles. The highest BCUT2D eigenvalue weighted by Gasteiger charge is 2.38. The molecule has 1 aliphatic carbocycles. The summed E-state index contributed by atoms with van der Waals surface area (Å²) in [5, 5.41) is 12.1. The van der Waals surface area contributed by atoms with Gasteiger partial charge in [-0.2, -0.15) is 0 Å². The summed E-state index contributed by atoms with van der Waals surface area (Å²) in [6, 6.07) is 0.237. The van der Waals surface area contributed by atoms with Gasteiger partial charge in [0.25, 0.3) is 0 Å². The van der Waals surface area contributed by atoms with Crippen molar-refractivity contribution in [3.63, 3.8) is 0 Å². The summed E-state index contributed by atoms with van der Waals surface area (Å²) in [5.41, 5.74) is -0.291. The van der Waals surface area contributed by atoms with Gasteiger partial charge in [-0.15, -0.1) is 0 Å². The standard InChI is InChI=1S/C14H24N2O3/c1-16-7-4-11(10-16)15-12(17)8-14(9-13(18)19)5-2-3-6-14/h11H,2-10H2,1H3,(H,15,17)(H,18,19).